The van der Waals surface area contributed by atoms with Crippen LogP contribution in [-0.4, -0.2) is 29.1 Å². The lowest BCUT2D eigenvalue weighted by molar-refractivity contribution is -0.137. The molecule has 0 aliphatic carbocycles. The number of carbonyl (C=O) groups excluding carboxylic acids is 2. The second kappa shape index (κ2) is 5.12. The number of aldehydes is 1. The lowest BCUT2D eigenvalue weighted by Crippen LogP contribution is -2.09. The lowest BCUT2D eigenvalue weighted by atomic mass is 10.3. The van der Waals surface area contributed by atoms with Crippen LogP contribution >= 0.6 is 11.8 Å². The highest BCUT2D eigenvalue weighted by Gasteiger charge is 2.26. The van der Waals surface area contributed by atoms with E-state index in [0.717, 1.165) is 18.4 Å². The van der Waals surface area contributed by atoms with E-state index in [2.05, 4.69) is 4.98 Å². The average molecular weight is 237 g/mol. The molecule has 1 saturated heterocycles. The fourth-order valence-corrected chi connectivity index (χ4v) is 2.42. The zero-order chi connectivity index (χ0) is 11.4. The molecule has 1 fully saturated rings. The van der Waals surface area contributed by atoms with Gasteiger partial charge in [0.05, 0.1) is 12.3 Å². The molecule has 0 N–H and O–H groups in total. The normalized spacial score (nSPS) is 19.5. The van der Waals surface area contributed by atoms with Crippen molar-refractivity contribution in [1.82, 2.24) is 4.98 Å². The molecule has 84 valence electrons. The van der Waals surface area contributed by atoms with Crippen LogP contribution in [0, 0.1) is 0 Å². The first kappa shape index (κ1) is 11.1. The van der Waals surface area contributed by atoms with Gasteiger partial charge < -0.3 is 4.74 Å². The molecular weight excluding hydrogens is 226 g/mol. The zero-order valence-corrected chi connectivity index (χ0v) is 9.40. The van der Waals surface area contributed by atoms with Crippen molar-refractivity contribution in [1.29, 1.82) is 0 Å². The molecule has 2 heterocycles. The maximum atomic E-state index is 11.2. The highest BCUT2D eigenvalue weighted by atomic mass is 32.2. The Morgan fingerprint density at radius 3 is 3.00 bits per heavy atom. The fourth-order valence-electron chi connectivity index (χ4n) is 1.41. The van der Waals surface area contributed by atoms with Gasteiger partial charge in [-0.25, -0.2) is 0 Å². The fraction of sp³-hybridized carbons (Fsp3) is 0.364. The maximum absolute atomic E-state index is 11.2. The maximum Gasteiger partial charge on any atom is 0.319 e. The monoisotopic (exact) mass is 237 g/mol. The number of cyclic esters (lactones) is 1. The van der Waals surface area contributed by atoms with Crippen molar-refractivity contribution in [3.8, 4) is 0 Å². The summed E-state index contributed by atoms with van der Waals surface area (Å²) in [5, 5.41) is -0.0625. The van der Waals surface area contributed by atoms with E-state index in [9.17, 15) is 9.59 Å². The minimum Gasteiger partial charge on any atom is -0.465 e. The molecular formula is C11H11NO3S. The Morgan fingerprint density at radius 1 is 1.56 bits per heavy atom. The third-order valence-electron chi connectivity index (χ3n) is 2.30. The van der Waals surface area contributed by atoms with Crippen molar-refractivity contribution in [2.24, 2.45) is 0 Å². The molecule has 4 nitrogen and oxygen atoms in total. The molecule has 0 aromatic carbocycles. The number of hydrogen-bond acceptors (Lipinski definition) is 5. The zero-order valence-electron chi connectivity index (χ0n) is 8.59. The van der Waals surface area contributed by atoms with E-state index in [4.69, 9.17) is 4.74 Å². The summed E-state index contributed by atoms with van der Waals surface area (Å²) in [6.45, 7) is 0.522. The largest absolute Gasteiger partial charge is 0.465 e. The topological polar surface area (TPSA) is 56.3 Å². The Kier molecular flexibility index (Phi) is 3.56. The Labute approximate surface area is 97.4 Å². The summed E-state index contributed by atoms with van der Waals surface area (Å²) in [7, 11) is 0. The van der Waals surface area contributed by atoms with Crippen LogP contribution in [0.25, 0.3) is 0 Å². The number of aromatic nitrogens is 1. The first-order valence-corrected chi connectivity index (χ1v) is 6.03. The van der Waals surface area contributed by atoms with E-state index in [1.54, 1.807) is 12.1 Å². The highest BCUT2D eigenvalue weighted by molar-refractivity contribution is 7.99. The lowest BCUT2D eigenvalue weighted by Gasteiger charge is -2.04. The van der Waals surface area contributed by atoms with Crippen molar-refractivity contribution in [3.63, 3.8) is 0 Å². The Balaban J connectivity index is 1.89. The first-order valence-electron chi connectivity index (χ1n) is 4.98. The molecule has 1 atom stereocenters. The van der Waals surface area contributed by atoms with E-state index in [-0.39, 0.29) is 11.2 Å². The molecule has 0 radical (unpaired) electrons. The molecule has 0 spiro atoms. The van der Waals surface area contributed by atoms with Gasteiger partial charge in [0.15, 0.2) is 6.29 Å². The van der Waals surface area contributed by atoms with Crippen LogP contribution in [0.1, 0.15) is 22.5 Å². The Bertz CT molecular complexity index is 391. The van der Waals surface area contributed by atoms with Crippen LogP contribution in [0.4, 0.5) is 0 Å². The summed E-state index contributed by atoms with van der Waals surface area (Å²) in [4.78, 5) is 25.7. The second-order valence-corrected chi connectivity index (χ2v) is 4.65. The molecule has 5 heteroatoms. The van der Waals surface area contributed by atoms with E-state index in [1.807, 2.05) is 0 Å². The summed E-state index contributed by atoms with van der Waals surface area (Å²) in [6.07, 6.45) is 3.07. The molecule has 1 aliphatic heterocycles. The summed E-state index contributed by atoms with van der Waals surface area (Å²) in [5.41, 5.74) is 1.43. The Hall–Kier alpha value is -1.36. The van der Waals surface area contributed by atoms with Crippen molar-refractivity contribution in [2.45, 2.75) is 17.4 Å². The van der Waals surface area contributed by atoms with Crippen LogP contribution in [0.15, 0.2) is 18.3 Å². The van der Waals surface area contributed by atoms with Crippen molar-refractivity contribution in [2.75, 3.05) is 6.61 Å². The number of thioether (sulfide) groups is 1. The second-order valence-electron chi connectivity index (χ2n) is 3.46. The van der Waals surface area contributed by atoms with Gasteiger partial charge in [-0.15, -0.1) is 11.8 Å². The van der Waals surface area contributed by atoms with E-state index >= 15 is 0 Å². The molecule has 0 amide bonds. The summed E-state index contributed by atoms with van der Waals surface area (Å²) < 4.78 is 4.86. The van der Waals surface area contributed by atoms with Crippen LogP contribution in [0.3, 0.4) is 0 Å². The highest BCUT2D eigenvalue weighted by Crippen LogP contribution is 2.24. The van der Waals surface area contributed by atoms with Crippen molar-refractivity contribution in [3.05, 3.63) is 29.6 Å². The number of carbonyl (C=O) groups is 2. The standard InChI is InChI=1S/C11H11NO3S/c13-6-8-1-2-9(12-5-8)7-16-10-3-4-15-11(10)14/h1-2,5-6,10H,3-4,7H2. The molecule has 0 bridgehead atoms. The Morgan fingerprint density at radius 2 is 2.44 bits per heavy atom. The summed E-state index contributed by atoms with van der Waals surface area (Å²) in [5.74, 6) is 0.535. The number of hydrogen-bond donors (Lipinski definition) is 0. The van der Waals surface area contributed by atoms with Crippen LogP contribution in [0.2, 0.25) is 0 Å². The smallest absolute Gasteiger partial charge is 0.319 e. The molecule has 1 aromatic heterocycles. The number of rotatable bonds is 4. The summed E-state index contributed by atoms with van der Waals surface area (Å²) in [6, 6.07) is 3.53. The van der Waals surface area contributed by atoms with Gasteiger partial charge in [-0.05, 0) is 12.1 Å². The molecule has 1 aliphatic rings. The van der Waals surface area contributed by atoms with Crippen molar-refractivity contribution < 1.29 is 14.3 Å². The van der Waals surface area contributed by atoms with Gasteiger partial charge in [-0.1, -0.05) is 0 Å². The van der Waals surface area contributed by atoms with Gasteiger partial charge in [0, 0.05) is 23.9 Å². The van der Waals surface area contributed by atoms with Crippen LogP contribution < -0.4 is 0 Å². The molecule has 2 rings (SSSR count). The predicted molar refractivity (Wildman–Crippen MR) is 60.3 cm³/mol. The van der Waals surface area contributed by atoms with Gasteiger partial charge >= 0.3 is 5.97 Å². The molecule has 1 unspecified atom stereocenters. The minimum absolute atomic E-state index is 0.0625. The quantitative estimate of drug-likeness (QED) is 0.586. The van der Waals surface area contributed by atoms with E-state index in [1.165, 1.54) is 18.0 Å². The van der Waals surface area contributed by atoms with Crippen LogP contribution in [-0.2, 0) is 15.3 Å². The third-order valence-corrected chi connectivity index (χ3v) is 3.60. The first-order chi connectivity index (χ1) is 7.79. The average Bonchev–Trinajstić information content (AvgIpc) is 2.73. The molecule has 16 heavy (non-hydrogen) atoms. The van der Waals surface area contributed by atoms with Crippen molar-refractivity contribution >= 4 is 24.0 Å². The number of esters is 1. The van der Waals surface area contributed by atoms with Gasteiger partial charge in [-0.3, -0.25) is 14.6 Å². The van der Waals surface area contributed by atoms with E-state index < -0.39 is 0 Å². The third kappa shape index (κ3) is 2.61. The number of ether oxygens (including phenoxy) is 1. The molecule has 0 saturated carbocycles. The SMILES string of the molecule is O=Cc1ccc(CSC2CCOC2=O)nc1. The van der Waals surface area contributed by atoms with Gasteiger partial charge in [0.25, 0.3) is 0 Å². The number of nitrogens with zero attached hydrogens (tertiary/aromatic N) is 1. The van der Waals surface area contributed by atoms with E-state index in [0.29, 0.717) is 17.9 Å². The predicted octanol–water partition coefficient (Wildman–Crippen LogP) is 1.44. The van der Waals surface area contributed by atoms with Gasteiger partial charge in [0.2, 0.25) is 0 Å². The minimum atomic E-state index is -0.130. The van der Waals surface area contributed by atoms with Crippen LogP contribution in [0.5, 0.6) is 0 Å². The van der Waals surface area contributed by atoms with Gasteiger partial charge in [-0.2, -0.15) is 0 Å². The molecule has 1 aromatic rings. The summed E-state index contributed by atoms with van der Waals surface area (Å²) >= 11 is 1.53. The van der Waals surface area contributed by atoms with Gasteiger partial charge in [0.1, 0.15) is 5.25 Å². The number of pyridine rings is 1.